The Morgan fingerprint density at radius 3 is 2.29 bits per heavy atom. The number of nitrogens with zero attached hydrogens (tertiary/aromatic N) is 2. The number of amides is 1. The molecule has 1 aromatic carbocycles. The van der Waals surface area contributed by atoms with Crippen molar-refractivity contribution in [1.82, 2.24) is 9.21 Å². The van der Waals surface area contributed by atoms with Gasteiger partial charge in [-0.2, -0.15) is 4.31 Å². The minimum absolute atomic E-state index is 0.102. The molecule has 0 spiro atoms. The number of rotatable bonds is 9. The molecule has 9 nitrogen and oxygen atoms in total. The summed E-state index contributed by atoms with van der Waals surface area (Å²) in [6, 6.07) is 3.14. The molecule has 0 aliphatic carbocycles. The SMILES string of the molecule is CCOC(=O)C1CCN(C(=O)COC[C@@H]2CCCN2S(=O)(=O)c2c(C)cc(OC)cc2C)CC1. The molecule has 0 bridgehead atoms. The summed E-state index contributed by atoms with van der Waals surface area (Å²) in [5.74, 6) is 0.124. The molecule has 0 radical (unpaired) electrons. The smallest absolute Gasteiger partial charge is 0.309 e. The molecular weight excluding hydrogens is 460 g/mol. The highest BCUT2D eigenvalue weighted by Gasteiger charge is 2.37. The second kappa shape index (κ2) is 11.5. The van der Waals surface area contributed by atoms with Crippen molar-refractivity contribution >= 4 is 21.9 Å². The maximum Gasteiger partial charge on any atom is 0.309 e. The van der Waals surface area contributed by atoms with Crippen molar-refractivity contribution in [2.75, 3.05) is 46.6 Å². The molecule has 34 heavy (non-hydrogen) atoms. The van der Waals surface area contributed by atoms with E-state index in [1.165, 1.54) is 4.31 Å². The molecule has 0 unspecified atom stereocenters. The van der Waals surface area contributed by atoms with Crippen LogP contribution >= 0.6 is 0 Å². The number of methoxy groups -OCH3 is 1. The van der Waals surface area contributed by atoms with Gasteiger partial charge in [-0.3, -0.25) is 9.59 Å². The number of carbonyl (C=O) groups excluding carboxylic acids is 2. The van der Waals surface area contributed by atoms with Gasteiger partial charge in [0.2, 0.25) is 15.9 Å². The minimum Gasteiger partial charge on any atom is -0.497 e. The molecule has 190 valence electrons. The fourth-order valence-electron chi connectivity index (χ4n) is 4.84. The summed E-state index contributed by atoms with van der Waals surface area (Å²) >= 11 is 0. The zero-order chi connectivity index (χ0) is 24.9. The van der Waals surface area contributed by atoms with Gasteiger partial charge in [0.25, 0.3) is 0 Å². The first kappa shape index (κ1) is 26.4. The van der Waals surface area contributed by atoms with Crippen LogP contribution in [0.3, 0.4) is 0 Å². The van der Waals surface area contributed by atoms with Crippen LogP contribution in [-0.2, 0) is 29.1 Å². The highest BCUT2D eigenvalue weighted by molar-refractivity contribution is 7.89. The molecule has 2 heterocycles. The lowest BCUT2D eigenvalue weighted by molar-refractivity contribution is -0.151. The van der Waals surface area contributed by atoms with Gasteiger partial charge in [-0.1, -0.05) is 0 Å². The number of piperidine rings is 1. The van der Waals surface area contributed by atoms with Crippen LogP contribution in [0.1, 0.15) is 43.7 Å². The van der Waals surface area contributed by atoms with Crippen LogP contribution in [-0.4, -0.2) is 82.1 Å². The van der Waals surface area contributed by atoms with E-state index >= 15 is 0 Å². The first-order valence-electron chi connectivity index (χ1n) is 11.9. The topological polar surface area (TPSA) is 102 Å². The van der Waals surface area contributed by atoms with Crippen LogP contribution in [0.25, 0.3) is 0 Å². The van der Waals surface area contributed by atoms with E-state index in [9.17, 15) is 18.0 Å². The van der Waals surface area contributed by atoms with Gasteiger partial charge in [0.05, 0.1) is 31.1 Å². The van der Waals surface area contributed by atoms with Crippen LogP contribution in [0.4, 0.5) is 0 Å². The number of hydrogen-bond acceptors (Lipinski definition) is 7. The molecule has 2 aliphatic rings. The number of benzene rings is 1. The summed E-state index contributed by atoms with van der Waals surface area (Å²) in [4.78, 5) is 26.4. The van der Waals surface area contributed by atoms with E-state index in [4.69, 9.17) is 14.2 Å². The van der Waals surface area contributed by atoms with Gasteiger partial charge in [-0.25, -0.2) is 8.42 Å². The molecule has 0 aromatic heterocycles. The summed E-state index contributed by atoms with van der Waals surface area (Å²) in [6.07, 6.45) is 2.60. The van der Waals surface area contributed by atoms with Gasteiger partial charge in [0.15, 0.2) is 0 Å². The van der Waals surface area contributed by atoms with Gasteiger partial charge in [-0.05, 0) is 69.7 Å². The van der Waals surface area contributed by atoms with E-state index in [0.29, 0.717) is 67.3 Å². The number of aryl methyl sites for hydroxylation is 2. The third-order valence-corrected chi connectivity index (χ3v) is 8.82. The molecule has 3 rings (SSSR count). The number of ether oxygens (including phenoxy) is 3. The van der Waals surface area contributed by atoms with Crippen molar-refractivity contribution in [3.8, 4) is 5.75 Å². The third-order valence-electron chi connectivity index (χ3n) is 6.56. The fraction of sp³-hybridized carbons (Fsp3) is 0.667. The van der Waals surface area contributed by atoms with Crippen LogP contribution < -0.4 is 4.74 Å². The Labute approximate surface area is 202 Å². The number of carbonyl (C=O) groups is 2. The second-order valence-corrected chi connectivity index (χ2v) is 10.8. The van der Waals surface area contributed by atoms with Crippen molar-refractivity contribution in [3.63, 3.8) is 0 Å². The van der Waals surface area contributed by atoms with Crippen molar-refractivity contribution < 1.29 is 32.2 Å². The Hall–Kier alpha value is -2.17. The fourth-order valence-corrected chi connectivity index (χ4v) is 6.94. The molecule has 1 amide bonds. The Kier molecular flexibility index (Phi) is 8.95. The molecule has 0 saturated carbocycles. The van der Waals surface area contributed by atoms with Gasteiger partial charge in [0.1, 0.15) is 12.4 Å². The Morgan fingerprint density at radius 1 is 1.06 bits per heavy atom. The lowest BCUT2D eigenvalue weighted by Crippen LogP contribution is -2.43. The predicted molar refractivity (Wildman–Crippen MR) is 126 cm³/mol. The summed E-state index contributed by atoms with van der Waals surface area (Å²) in [7, 11) is -2.15. The summed E-state index contributed by atoms with van der Waals surface area (Å²) in [5, 5.41) is 0. The van der Waals surface area contributed by atoms with Crippen molar-refractivity contribution in [1.29, 1.82) is 0 Å². The maximum atomic E-state index is 13.5. The lowest BCUT2D eigenvalue weighted by Gasteiger charge is -2.31. The molecule has 2 fully saturated rings. The largest absolute Gasteiger partial charge is 0.497 e. The van der Waals surface area contributed by atoms with E-state index in [1.54, 1.807) is 44.9 Å². The van der Waals surface area contributed by atoms with Gasteiger partial charge in [-0.15, -0.1) is 0 Å². The van der Waals surface area contributed by atoms with E-state index < -0.39 is 10.0 Å². The van der Waals surface area contributed by atoms with E-state index in [-0.39, 0.29) is 37.0 Å². The molecular formula is C24H36N2O7S. The highest BCUT2D eigenvalue weighted by Crippen LogP contribution is 2.32. The number of esters is 1. The average Bonchev–Trinajstić information content (AvgIpc) is 3.28. The van der Waals surface area contributed by atoms with Crippen LogP contribution in [0.15, 0.2) is 17.0 Å². The standard InChI is InChI=1S/C24H36N2O7S/c1-5-33-24(28)19-8-11-25(12-9-19)22(27)16-32-15-20-7-6-10-26(20)34(29,30)23-17(2)13-21(31-4)14-18(23)3/h13-14,19-20H,5-12,15-16H2,1-4H3/t20-/m0/s1. The average molecular weight is 497 g/mol. The predicted octanol–water partition coefficient (Wildman–Crippen LogP) is 2.28. The van der Waals surface area contributed by atoms with Crippen molar-refractivity contribution in [2.45, 2.75) is 57.4 Å². The zero-order valence-electron chi connectivity index (χ0n) is 20.5. The van der Waals surface area contributed by atoms with Crippen LogP contribution in [0.5, 0.6) is 5.75 Å². The Morgan fingerprint density at radius 2 is 1.71 bits per heavy atom. The molecule has 1 aromatic rings. The minimum atomic E-state index is -3.71. The molecule has 10 heteroatoms. The summed E-state index contributed by atoms with van der Waals surface area (Å²) in [6.45, 7) is 7.16. The summed E-state index contributed by atoms with van der Waals surface area (Å²) in [5.41, 5.74) is 1.29. The quantitative estimate of drug-likeness (QED) is 0.483. The lowest BCUT2D eigenvalue weighted by atomic mass is 9.97. The Bertz CT molecular complexity index is 964. The second-order valence-electron chi connectivity index (χ2n) is 8.92. The van der Waals surface area contributed by atoms with Crippen molar-refractivity contribution in [2.24, 2.45) is 5.92 Å². The van der Waals surface area contributed by atoms with E-state index in [1.807, 2.05) is 0 Å². The first-order valence-corrected chi connectivity index (χ1v) is 13.3. The molecule has 1 atom stereocenters. The third kappa shape index (κ3) is 5.90. The zero-order valence-corrected chi connectivity index (χ0v) is 21.4. The normalized spacial score (nSPS) is 19.9. The Balaban J connectivity index is 1.55. The first-order chi connectivity index (χ1) is 16.2. The summed E-state index contributed by atoms with van der Waals surface area (Å²) < 4.78 is 44.5. The maximum absolute atomic E-state index is 13.5. The highest BCUT2D eigenvalue weighted by atomic mass is 32.2. The van der Waals surface area contributed by atoms with Gasteiger partial charge < -0.3 is 19.1 Å². The number of sulfonamides is 1. The van der Waals surface area contributed by atoms with Gasteiger partial charge >= 0.3 is 5.97 Å². The number of likely N-dealkylation sites (tertiary alicyclic amines) is 1. The number of hydrogen-bond donors (Lipinski definition) is 0. The van der Waals surface area contributed by atoms with Gasteiger partial charge in [0, 0.05) is 25.7 Å². The molecule has 2 aliphatic heterocycles. The molecule has 2 saturated heterocycles. The van der Waals surface area contributed by atoms with E-state index in [2.05, 4.69) is 0 Å². The van der Waals surface area contributed by atoms with E-state index in [0.717, 1.165) is 6.42 Å². The monoisotopic (exact) mass is 496 g/mol. The van der Waals surface area contributed by atoms with Crippen LogP contribution in [0, 0.1) is 19.8 Å². The van der Waals surface area contributed by atoms with Crippen molar-refractivity contribution in [3.05, 3.63) is 23.3 Å². The molecule has 0 N–H and O–H groups in total. The van der Waals surface area contributed by atoms with Crippen LogP contribution in [0.2, 0.25) is 0 Å².